The van der Waals surface area contributed by atoms with E-state index in [1.54, 1.807) is 0 Å². The highest BCUT2D eigenvalue weighted by Crippen LogP contribution is 2.65. The van der Waals surface area contributed by atoms with Crippen LogP contribution in [0.3, 0.4) is 0 Å². The maximum absolute atomic E-state index is 11.4. The van der Waals surface area contributed by atoms with Gasteiger partial charge >= 0.3 is 5.97 Å². The minimum atomic E-state index is 0.0460. The SMILES string of the molecule is CC(C)OC(=O)C1CC12CCC2. The Balaban J connectivity index is 1.83. The van der Waals surface area contributed by atoms with E-state index >= 15 is 0 Å². The number of carbonyl (C=O) groups is 1. The molecule has 2 saturated carbocycles. The molecule has 0 N–H and O–H groups in total. The molecule has 1 unspecified atom stereocenters. The van der Waals surface area contributed by atoms with Crippen LogP contribution in [0.25, 0.3) is 0 Å². The summed E-state index contributed by atoms with van der Waals surface area (Å²) in [6.07, 6.45) is 4.97. The maximum Gasteiger partial charge on any atom is 0.309 e. The highest BCUT2D eigenvalue weighted by atomic mass is 16.5. The van der Waals surface area contributed by atoms with Gasteiger partial charge in [-0.25, -0.2) is 0 Å². The number of hydrogen-bond donors (Lipinski definition) is 0. The van der Waals surface area contributed by atoms with Crippen molar-refractivity contribution in [3.05, 3.63) is 0 Å². The summed E-state index contributed by atoms with van der Waals surface area (Å²) in [6, 6.07) is 0. The second-order valence-corrected chi connectivity index (χ2v) is 4.46. The number of carbonyl (C=O) groups excluding carboxylic acids is 1. The van der Waals surface area contributed by atoms with Crippen LogP contribution in [-0.2, 0) is 9.53 Å². The van der Waals surface area contributed by atoms with Crippen molar-refractivity contribution in [3.8, 4) is 0 Å². The van der Waals surface area contributed by atoms with Crippen molar-refractivity contribution in [1.29, 1.82) is 0 Å². The normalized spacial score (nSPS) is 30.1. The predicted molar refractivity (Wildman–Crippen MR) is 45.6 cm³/mol. The summed E-state index contributed by atoms with van der Waals surface area (Å²) in [6.45, 7) is 3.82. The lowest BCUT2D eigenvalue weighted by molar-refractivity contribution is -0.150. The molecule has 2 aliphatic carbocycles. The Morgan fingerprint density at radius 1 is 1.50 bits per heavy atom. The molecule has 0 aromatic rings. The van der Waals surface area contributed by atoms with Gasteiger partial charge in [0.05, 0.1) is 12.0 Å². The first-order valence-electron chi connectivity index (χ1n) is 4.84. The number of rotatable bonds is 2. The molecule has 0 amide bonds. The van der Waals surface area contributed by atoms with Crippen LogP contribution in [-0.4, -0.2) is 12.1 Å². The Bertz CT molecular complexity index is 204. The minimum absolute atomic E-state index is 0.0460. The average Bonchev–Trinajstić information content (AvgIpc) is 2.56. The highest BCUT2D eigenvalue weighted by molar-refractivity contribution is 5.77. The Labute approximate surface area is 73.3 Å². The van der Waals surface area contributed by atoms with Gasteiger partial charge in [0.25, 0.3) is 0 Å². The van der Waals surface area contributed by atoms with Crippen molar-refractivity contribution in [2.24, 2.45) is 11.3 Å². The van der Waals surface area contributed by atoms with E-state index < -0.39 is 0 Å². The number of esters is 1. The third-order valence-corrected chi connectivity index (χ3v) is 3.18. The summed E-state index contributed by atoms with van der Waals surface area (Å²) in [7, 11) is 0. The summed E-state index contributed by atoms with van der Waals surface area (Å²) in [5.74, 6) is 0.304. The van der Waals surface area contributed by atoms with E-state index in [2.05, 4.69) is 0 Å². The molecule has 12 heavy (non-hydrogen) atoms. The molecule has 2 heteroatoms. The fourth-order valence-electron chi connectivity index (χ4n) is 2.18. The van der Waals surface area contributed by atoms with Gasteiger partial charge in [-0.1, -0.05) is 6.42 Å². The van der Waals surface area contributed by atoms with Gasteiger partial charge < -0.3 is 4.74 Å². The first kappa shape index (κ1) is 8.09. The molecule has 1 spiro atoms. The van der Waals surface area contributed by atoms with Crippen molar-refractivity contribution in [2.45, 2.75) is 45.6 Å². The Morgan fingerprint density at radius 2 is 2.17 bits per heavy atom. The fraction of sp³-hybridized carbons (Fsp3) is 0.900. The van der Waals surface area contributed by atoms with E-state index in [9.17, 15) is 4.79 Å². The van der Waals surface area contributed by atoms with Gasteiger partial charge in [0.1, 0.15) is 0 Å². The lowest BCUT2D eigenvalue weighted by atomic mass is 9.80. The standard InChI is InChI=1S/C10H16O2/c1-7(2)12-9(11)8-6-10(8)4-3-5-10/h7-8H,3-6H2,1-2H3. The third kappa shape index (κ3) is 1.13. The number of hydrogen-bond acceptors (Lipinski definition) is 2. The molecule has 0 aromatic carbocycles. The highest BCUT2D eigenvalue weighted by Gasteiger charge is 2.61. The van der Waals surface area contributed by atoms with Gasteiger partial charge in [0.2, 0.25) is 0 Å². The van der Waals surface area contributed by atoms with Crippen LogP contribution in [0, 0.1) is 11.3 Å². The zero-order valence-electron chi connectivity index (χ0n) is 7.80. The molecule has 2 nitrogen and oxygen atoms in total. The van der Waals surface area contributed by atoms with Gasteiger partial charge in [-0.2, -0.15) is 0 Å². The molecule has 2 fully saturated rings. The van der Waals surface area contributed by atoms with E-state index in [4.69, 9.17) is 4.74 Å². The Hall–Kier alpha value is -0.530. The largest absolute Gasteiger partial charge is 0.463 e. The van der Waals surface area contributed by atoms with Crippen molar-refractivity contribution < 1.29 is 9.53 Å². The van der Waals surface area contributed by atoms with Crippen molar-refractivity contribution >= 4 is 5.97 Å². The van der Waals surface area contributed by atoms with Crippen molar-refractivity contribution in [3.63, 3.8) is 0 Å². The molecule has 0 aliphatic heterocycles. The summed E-state index contributed by atoms with van der Waals surface area (Å²) in [5.41, 5.74) is 0.423. The van der Waals surface area contributed by atoms with Crippen LogP contribution < -0.4 is 0 Å². The van der Waals surface area contributed by atoms with Crippen LogP contribution in [0.15, 0.2) is 0 Å². The van der Waals surface area contributed by atoms with Crippen LogP contribution in [0.1, 0.15) is 39.5 Å². The molecular weight excluding hydrogens is 152 g/mol. The lowest BCUT2D eigenvalue weighted by Crippen LogP contribution is -2.21. The zero-order valence-corrected chi connectivity index (χ0v) is 7.80. The topological polar surface area (TPSA) is 26.3 Å². The Kier molecular flexibility index (Phi) is 1.67. The molecular formula is C10H16O2. The molecule has 0 heterocycles. The quantitative estimate of drug-likeness (QED) is 0.590. The first-order chi connectivity index (χ1) is 5.64. The van der Waals surface area contributed by atoms with E-state index in [0.29, 0.717) is 5.41 Å². The fourth-order valence-corrected chi connectivity index (χ4v) is 2.18. The smallest absolute Gasteiger partial charge is 0.309 e. The van der Waals surface area contributed by atoms with Crippen LogP contribution >= 0.6 is 0 Å². The van der Waals surface area contributed by atoms with E-state index in [0.717, 1.165) is 6.42 Å². The van der Waals surface area contributed by atoms with Gasteiger partial charge in [-0.05, 0) is 38.5 Å². The first-order valence-corrected chi connectivity index (χ1v) is 4.84. The molecule has 0 radical (unpaired) electrons. The average molecular weight is 168 g/mol. The lowest BCUT2D eigenvalue weighted by Gasteiger charge is -2.26. The van der Waals surface area contributed by atoms with Gasteiger partial charge in [0.15, 0.2) is 0 Å². The maximum atomic E-state index is 11.4. The zero-order chi connectivity index (χ0) is 8.77. The monoisotopic (exact) mass is 168 g/mol. The summed E-state index contributed by atoms with van der Waals surface area (Å²) in [5, 5.41) is 0. The molecule has 68 valence electrons. The second kappa shape index (κ2) is 2.48. The molecule has 2 aliphatic rings. The van der Waals surface area contributed by atoms with E-state index in [1.165, 1.54) is 19.3 Å². The molecule has 1 atom stereocenters. The van der Waals surface area contributed by atoms with Crippen LogP contribution in [0.5, 0.6) is 0 Å². The molecule has 0 aromatic heterocycles. The van der Waals surface area contributed by atoms with Gasteiger partial charge in [0, 0.05) is 0 Å². The van der Waals surface area contributed by atoms with E-state index in [-0.39, 0.29) is 18.0 Å². The minimum Gasteiger partial charge on any atom is -0.463 e. The summed E-state index contributed by atoms with van der Waals surface area (Å²) in [4.78, 5) is 11.4. The van der Waals surface area contributed by atoms with Crippen LogP contribution in [0.2, 0.25) is 0 Å². The third-order valence-electron chi connectivity index (χ3n) is 3.18. The van der Waals surface area contributed by atoms with E-state index in [1.807, 2.05) is 13.8 Å². The predicted octanol–water partition coefficient (Wildman–Crippen LogP) is 2.13. The van der Waals surface area contributed by atoms with Crippen LogP contribution in [0.4, 0.5) is 0 Å². The molecule has 0 bridgehead atoms. The van der Waals surface area contributed by atoms with Gasteiger partial charge in [-0.3, -0.25) is 4.79 Å². The second-order valence-electron chi connectivity index (χ2n) is 4.46. The Morgan fingerprint density at radius 3 is 2.50 bits per heavy atom. The number of ether oxygens (including phenoxy) is 1. The van der Waals surface area contributed by atoms with Crippen molar-refractivity contribution in [2.75, 3.05) is 0 Å². The van der Waals surface area contributed by atoms with Gasteiger partial charge in [-0.15, -0.1) is 0 Å². The summed E-state index contributed by atoms with van der Waals surface area (Å²) < 4.78 is 5.17. The molecule has 0 saturated heterocycles. The molecule has 2 rings (SSSR count). The van der Waals surface area contributed by atoms with Crippen molar-refractivity contribution in [1.82, 2.24) is 0 Å². The summed E-state index contributed by atoms with van der Waals surface area (Å²) >= 11 is 0.